The fraction of sp³-hybridized carbons (Fsp3) is 0.846. The molecule has 0 aliphatic heterocycles. The molecule has 0 heterocycles. The maximum atomic E-state index is 11.7. The molecule has 2 atom stereocenters. The third kappa shape index (κ3) is 9.86. The Balaban J connectivity index is 3.92. The van der Waals surface area contributed by atoms with Gasteiger partial charge in [-0.25, -0.2) is 0 Å². The van der Waals surface area contributed by atoms with Crippen molar-refractivity contribution in [1.82, 2.24) is 0 Å². The fourth-order valence-electron chi connectivity index (χ4n) is 1.19. The Bertz CT molecular complexity index is 245. The van der Waals surface area contributed by atoms with E-state index in [0.29, 0.717) is 19.6 Å². The lowest BCUT2D eigenvalue weighted by Crippen LogP contribution is -2.26. The van der Waals surface area contributed by atoms with E-state index in [1.807, 2.05) is 59.0 Å². The average molecular weight is 496 g/mol. The highest BCUT2D eigenvalue weighted by molar-refractivity contribution is 14.1. The number of unbranched alkanes of at least 4 members (excludes halogenated alkanes) is 2. The van der Waals surface area contributed by atoms with E-state index < -0.39 is 0 Å². The van der Waals surface area contributed by atoms with Gasteiger partial charge in [-0.3, -0.25) is 9.59 Å². The monoisotopic (exact) mass is 496 g/mol. The van der Waals surface area contributed by atoms with Gasteiger partial charge in [0.15, 0.2) is 0 Å². The van der Waals surface area contributed by atoms with Crippen LogP contribution in [0.3, 0.4) is 0 Å². The predicted molar refractivity (Wildman–Crippen MR) is 92.0 cm³/mol. The highest BCUT2D eigenvalue weighted by Gasteiger charge is 2.25. The molecule has 0 amide bonds. The van der Waals surface area contributed by atoms with Crippen LogP contribution in [0.4, 0.5) is 0 Å². The molecular formula is C13H22I2O4. The summed E-state index contributed by atoms with van der Waals surface area (Å²) in [6.45, 7) is 5.01. The number of hydrogen-bond acceptors (Lipinski definition) is 4. The minimum absolute atomic E-state index is 0.239. The maximum Gasteiger partial charge on any atom is 0.318 e. The van der Waals surface area contributed by atoms with Crippen LogP contribution in [-0.2, 0) is 19.1 Å². The minimum atomic E-state index is -0.296. The maximum absolute atomic E-state index is 11.7. The lowest BCUT2D eigenvalue weighted by atomic mass is 10.2. The summed E-state index contributed by atoms with van der Waals surface area (Å²) < 4.78 is 9.65. The summed E-state index contributed by atoms with van der Waals surface area (Å²) in [6.07, 6.45) is 4.20. The summed E-state index contributed by atoms with van der Waals surface area (Å²) in [5, 5.41) is 0. The van der Waals surface area contributed by atoms with Crippen LogP contribution in [0.5, 0.6) is 0 Å². The number of esters is 2. The molecule has 0 radical (unpaired) electrons. The number of carbonyl (C=O) groups excluding carboxylic acids is 2. The van der Waals surface area contributed by atoms with E-state index in [0.717, 1.165) is 25.7 Å². The second kappa shape index (κ2) is 12.2. The molecule has 0 aliphatic carbocycles. The first-order valence-corrected chi connectivity index (χ1v) is 9.13. The van der Waals surface area contributed by atoms with Gasteiger partial charge in [-0.15, -0.1) is 0 Å². The first-order chi connectivity index (χ1) is 9.02. The fourth-order valence-corrected chi connectivity index (χ4v) is 3.54. The third-order valence-corrected chi connectivity index (χ3v) is 4.44. The van der Waals surface area contributed by atoms with Crippen molar-refractivity contribution >= 4 is 57.1 Å². The van der Waals surface area contributed by atoms with Crippen molar-refractivity contribution in [2.24, 2.45) is 0 Å². The summed E-state index contributed by atoms with van der Waals surface area (Å²) in [5.41, 5.74) is 0. The van der Waals surface area contributed by atoms with Crippen molar-refractivity contribution < 1.29 is 19.1 Å². The van der Waals surface area contributed by atoms with Crippen molar-refractivity contribution in [2.45, 2.75) is 53.8 Å². The van der Waals surface area contributed by atoms with Crippen molar-refractivity contribution in [3.8, 4) is 0 Å². The van der Waals surface area contributed by atoms with Crippen LogP contribution >= 0.6 is 45.2 Å². The molecule has 0 bridgehead atoms. The van der Waals surface area contributed by atoms with E-state index in [-0.39, 0.29) is 19.8 Å². The molecule has 0 aliphatic rings. The van der Waals surface area contributed by atoms with Crippen LogP contribution in [0.15, 0.2) is 0 Å². The van der Waals surface area contributed by atoms with E-state index in [1.54, 1.807) is 0 Å². The minimum Gasteiger partial charge on any atom is -0.465 e. The molecule has 0 saturated carbocycles. The lowest BCUT2D eigenvalue weighted by Gasteiger charge is -2.13. The summed E-state index contributed by atoms with van der Waals surface area (Å²) in [5.74, 6) is -0.478. The van der Waals surface area contributed by atoms with Crippen LogP contribution in [0.25, 0.3) is 0 Å². The van der Waals surface area contributed by atoms with Gasteiger partial charge in [0.2, 0.25) is 0 Å². The first kappa shape index (κ1) is 19.4. The molecule has 6 heteroatoms. The molecule has 0 rings (SSSR count). The third-order valence-electron chi connectivity index (χ3n) is 2.41. The number of rotatable bonds is 10. The molecular weight excluding hydrogens is 474 g/mol. The van der Waals surface area contributed by atoms with E-state index in [4.69, 9.17) is 9.47 Å². The van der Waals surface area contributed by atoms with E-state index in [1.165, 1.54) is 0 Å². The van der Waals surface area contributed by atoms with Crippen LogP contribution in [0.1, 0.15) is 46.0 Å². The highest BCUT2D eigenvalue weighted by Crippen LogP contribution is 2.18. The van der Waals surface area contributed by atoms with Gasteiger partial charge in [0.25, 0.3) is 0 Å². The van der Waals surface area contributed by atoms with E-state index in [9.17, 15) is 9.59 Å². The van der Waals surface area contributed by atoms with Crippen molar-refractivity contribution in [3.63, 3.8) is 0 Å². The van der Waals surface area contributed by atoms with Gasteiger partial charge in [-0.1, -0.05) is 71.9 Å². The van der Waals surface area contributed by atoms with Gasteiger partial charge in [-0.05, 0) is 19.3 Å². The Kier molecular flexibility index (Phi) is 12.4. The number of halogens is 2. The molecule has 4 nitrogen and oxygen atoms in total. The molecule has 0 N–H and O–H groups in total. The number of hydrogen-bond donors (Lipinski definition) is 0. The van der Waals surface area contributed by atoms with E-state index in [2.05, 4.69) is 0 Å². The van der Waals surface area contributed by atoms with Crippen LogP contribution in [-0.4, -0.2) is 33.0 Å². The zero-order valence-corrected chi connectivity index (χ0v) is 15.8. The molecule has 19 heavy (non-hydrogen) atoms. The predicted octanol–water partition coefficient (Wildman–Crippen LogP) is 3.67. The van der Waals surface area contributed by atoms with Crippen LogP contribution < -0.4 is 0 Å². The Hall–Kier alpha value is 0.400. The normalized spacial score (nSPS) is 13.7. The Morgan fingerprint density at radius 3 is 1.58 bits per heavy atom. The van der Waals surface area contributed by atoms with Crippen molar-refractivity contribution in [3.05, 3.63) is 0 Å². The van der Waals surface area contributed by atoms with Crippen LogP contribution in [0, 0.1) is 0 Å². The Morgan fingerprint density at radius 2 is 1.26 bits per heavy atom. The summed E-state index contributed by atoms with van der Waals surface area (Å²) in [7, 11) is 0. The smallest absolute Gasteiger partial charge is 0.318 e. The summed E-state index contributed by atoms with van der Waals surface area (Å²) in [6, 6.07) is 0. The topological polar surface area (TPSA) is 52.6 Å². The quantitative estimate of drug-likeness (QED) is 0.201. The molecule has 0 aromatic heterocycles. The highest BCUT2D eigenvalue weighted by atomic mass is 127. The zero-order valence-electron chi connectivity index (χ0n) is 11.5. The standard InChI is InChI=1S/C13H22I2O4/c1-3-5-7-18-12(16)10(14)9-11(15)13(17)19-8-6-4-2/h10-11H,3-9H2,1-2H3. The zero-order chi connectivity index (χ0) is 14.7. The lowest BCUT2D eigenvalue weighted by molar-refractivity contribution is -0.144. The Morgan fingerprint density at radius 1 is 0.895 bits per heavy atom. The van der Waals surface area contributed by atoms with Gasteiger partial charge in [0.1, 0.15) is 7.85 Å². The molecule has 2 unspecified atom stereocenters. The van der Waals surface area contributed by atoms with Crippen LogP contribution in [0.2, 0.25) is 0 Å². The SMILES string of the molecule is CCCCOC(=O)C(I)CC(I)C(=O)OCCCC. The molecule has 0 spiro atoms. The van der Waals surface area contributed by atoms with Crippen molar-refractivity contribution in [1.29, 1.82) is 0 Å². The van der Waals surface area contributed by atoms with Gasteiger partial charge in [-0.2, -0.15) is 0 Å². The first-order valence-electron chi connectivity index (χ1n) is 6.64. The number of alkyl halides is 2. The number of ether oxygens (including phenoxy) is 2. The number of carbonyl (C=O) groups is 2. The average Bonchev–Trinajstić information content (AvgIpc) is 2.38. The molecule has 0 fully saturated rings. The second-order valence-corrected chi connectivity index (χ2v) is 7.22. The second-order valence-electron chi connectivity index (χ2n) is 4.21. The Labute approximate surface area is 142 Å². The summed E-state index contributed by atoms with van der Waals surface area (Å²) in [4.78, 5) is 23.3. The molecule has 0 aromatic carbocycles. The molecule has 0 saturated heterocycles. The molecule has 112 valence electrons. The van der Waals surface area contributed by atoms with E-state index >= 15 is 0 Å². The summed E-state index contributed by atoms with van der Waals surface area (Å²) >= 11 is 4.05. The van der Waals surface area contributed by atoms with Gasteiger partial charge in [0.05, 0.1) is 13.2 Å². The van der Waals surface area contributed by atoms with Crippen molar-refractivity contribution in [2.75, 3.05) is 13.2 Å². The van der Waals surface area contributed by atoms with Gasteiger partial charge < -0.3 is 9.47 Å². The molecule has 0 aromatic rings. The largest absolute Gasteiger partial charge is 0.465 e. The van der Waals surface area contributed by atoms with Gasteiger partial charge >= 0.3 is 11.9 Å². The van der Waals surface area contributed by atoms with Gasteiger partial charge in [0, 0.05) is 0 Å².